The molecule has 7 heteroatoms. The number of rotatable bonds is 6. The van der Waals surface area contributed by atoms with Crippen molar-refractivity contribution >= 4 is 36.6 Å². The summed E-state index contributed by atoms with van der Waals surface area (Å²) in [6, 6.07) is 20.7. The van der Waals surface area contributed by atoms with Gasteiger partial charge in [0.2, 0.25) is 0 Å². The molecular formula is C31H32O6Si. The third kappa shape index (κ3) is 3.52. The number of hydrogen-bond acceptors (Lipinski definition) is 6. The van der Waals surface area contributed by atoms with Crippen molar-refractivity contribution in [1.82, 2.24) is 0 Å². The topological polar surface area (TPSA) is 78.9 Å². The number of fused-ring (bicyclic) bond motifs is 1. The molecule has 0 amide bonds. The molecule has 2 heterocycles. The van der Waals surface area contributed by atoms with Crippen LogP contribution in [0.5, 0.6) is 0 Å². The SMILES string of the molecule is CC(C)(C)[Si](OCC[C@@]12CC3=C(C(=O)OC3=O)[C@H]3CCC=C1C3OC2=O)(c1ccccc1)c1ccccc1. The normalized spacial score (nSPS) is 26.5. The summed E-state index contributed by atoms with van der Waals surface area (Å²) in [7, 11) is -2.81. The van der Waals surface area contributed by atoms with Crippen LogP contribution in [0.1, 0.15) is 46.5 Å². The maximum atomic E-state index is 13.6. The van der Waals surface area contributed by atoms with Crippen molar-refractivity contribution < 1.29 is 28.3 Å². The first-order chi connectivity index (χ1) is 18.2. The molecule has 2 aliphatic heterocycles. The number of benzene rings is 2. The number of hydrogen-bond donors (Lipinski definition) is 0. The predicted molar refractivity (Wildman–Crippen MR) is 144 cm³/mol. The minimum absolute atomic E-state index is 0.120. The Hall–Kier alpha value is -3.29. The van der Waals surface area contributed by atoms with Crippen molar-refractivity contribution in [2.75, 3.05) is 6.61 Å². The number of allylic oxidation sites excluding steroid dienone is 1. The molecule has 0 radical (unpaired) electrons. The van der Waals surface area contributed by atoms with E-state index in [1.807, 2.05) is 36.4 Å². The smallest absolute Gasteiger partial charge is 0.342 e. The van der Waals surface area contributed by atoms with E-state index in [0.29, 0.717) is 30.6 Å². The van der Waals surface area contributed by atoms with Crippen molar-refractivity contribution in [3.05, 3.63) is 83.5 Å². The molecule has 2 aromatic carbocycles. The molecular weight excluding hydrogens is 496 g/mol. The number of esters is 3. The van der Waals surface area contributed by atoms with Gasteiger partial charge in [0.25, 0.3) is 8.32 Å². The molecule has 4 aliphatic rings. The van der Waals surface area contributed by atoms with Crippen molar-refractivity contribution in [2.24, 2.45) is 11.3 Å². The first kappa shape index (κ1) is 25.0. The van der Waals surface area contributed by atoms with Crippen LogP contribution < -0.4 is 10.4 Å². The van der Waals surface area contributed by atoms with Gasteiger partial charge in [-0.05, 0) is 40.2 Å². The van der Waals surface area contributed by atoms with Crippen LogP contribution in [0.15, 0.2) is 83.5 Å². The molecule has 2 aromatic rings. The minimum Gasteiger partial charge on any atom is -0.456 e. The van der Waals surface area contributed by atoms with E-state index in [1.165, 1.54) is 0 Å². The van der Waals surface area contributed by atoms with Gasteiger partial charge in [-0.3, -0.25) is 4.79 Å². The van der Waals surface area contributed by atoms with Crippen LogP contribution in [0.2, 0.25) is 5.04 Å². The summed E-state index contributed by atoms with van der Waals surface area (Å²) in [5, 5.41) is 2.12. The van der Waals surface area contributed by atoms with Crippen LogP contribution in [0.4, 0.5) is 0 Å². The summed E-state index contributed by atoms with van der Waals surface area (Å²) >= 11 is 0. The first-order valence-electron chi connectivity index (χ1n) is 13.4. The lowest BCUT2D eigenvalue weighted by atomic mass is 9.71. The van der Waals surface area contributed by atoms with E-state index >= 15 is 0 Å². The van der Waals surface area contributed by atoms with Gasteiger partial charge in [0.05, 0.1) is 16.6 Å². The lowest BCUT2D eigenvalue weighted by Gasteiger charge is -2.43. The molecule has 196 valence electrons. The Morgan fingerprint density at radius 1 is 0.947 bits per heavy atom. The van der Waals surface area contributed by atoms with Gasteiger partial charge in [0, 0.05) is 18.9 Å². The maximum absolute atomic E-state index is 13.6. The van der Waals surface area contributed by atoms with Gasteiger partial charge in [-0.2, -0.15) is 0 Å². The van der Waals surface area contributed by atoms with Crippen LogP contribution in [0.25, 0.3) is 0 Å². The second-order valence-electron chi connectivity index (χ2n) is 11.8. The number of cyclic esters (lactones) is 2. The van der Waals surface area contributed by atoms with Crippen molar-refractivity contribution in [1.29, 1.82) is 0 Å². The van der Waals surface area contributed by atoms with Crippen LogP contribution in [-0.2, 0) is 28.3 Å². The second-order valence-corrected chi connectivity index (χ2v) is 16.1. The van der Waals surface area contributed by atoms with E-state index in [9.17, 15) is 14.4 Å². The van der Waals surface area contributed by atoms with E-state index in [4.69, 9.17) is 13.9 Å². The van der Waals surface area contributed by atoms with Gasteiger partial charge >= 0.3 is 17.9 Å². The monoisotopic (exact) mass is 528 g/mol. The Balaban J connectivity index is 1.40. The average molecular weight is 529 g/mol. The van der Waals surface area contributed by atoms with E-state index < -0.39 is 31.8 Å². The fourth-order valence-electron chi connectivity index (χ4n) is 7.08. The Labute approximate surface area is 223 Å². The Morgan fingerprint density at radius 3 is 2.18 bits per heavy atom. The molecule has 0 aromatic heterocycles. The van der Waals surface area contributed by atoms with Gasteiger partial charge < -0.3 is 13.9 Å². The highest BCUT2D eigenvalue weighted by atomic mass is 28.4. The van der Waals surface area contributed by atoms with E-state index in [0.717, 1.165) is 22.4 Å². The van der Waals surface area contributed by atoms with Gasteiger partial charge in [-0.1, -0.05) is 87.5 Å². The molecule has 4 bridgehead atoms. The summed E-state index contributed by atoms with van der Waals surface area (Å²) in [5.74, 6) is -1.86. The summed E-state index contributed by atoms with van der Waals surface area (Å²) < 4.78 is 18.1. The van der Waals surface area contributed by atoms with Gasteiger partial charge in [-0.15, -0.1) is 0 Å². The number of carbonyl (C=O) groups is 3. The Kier molecular flexibility index (Phi) is 5.85. The molecule has 0 N–H and O–H groups in total. The predicted octanol–water partition coefficient (Wildman–Crippen LogP) is 3.99. The lowest BCUT2D eigenvalue weighted by molar-refractivity contribution is -0.152. The molecule has 1 unspecified atom stereocenters. The van der Waals surface area contributed by atoms with Gasteiger partial charge in [0.1, 0.15) is 6.10 Å². The second kappa shape index (κ2) is 8.88. The Bertz CT molecular complexity index is 1330. The van der Waals surface area contributed by atoms with E-state index in [-0.39, 0.29) is 23.3 Å². The molecule has 0 spiro atoms. The molecule has 6 rings (SSSR count). The Morgan fingerprint density at radius 2 is 1.58 bits per heavy atom. The highest BCUT2D eigenvalue weighted by Crippen LogP contribution is 2.57. The summed E-state index contributed by atoms with van der Waals surface area (Å²) in [6.07, 6.45) is 3.43. The van der Waals surface area contributed by atoms with Crippen LogP contribution in [-0.4, -0.2) is 38.9 Å². The number of carbonyl (C=O) groups excluding carboxylic acids is 3. The molecule has 0 saturated carbocycles. The molecule has 38 heavy (non-hydrogen) atoms. The lowest BCUT2D eigenvalue weighted by Crippen LogP contribution is -2.66. The molecule has 1 saturated heterocycles. The molecule has 6 nitrogen and oxygen atoms in total. The molecule has 3 atom stereocenters. The third-order valence-corrected chi connectivity index (χ3v) is 13.8. The van der Waals surface area contributed by atoms with Crippen LogP contribution >= 0.6 is 0 Å². The van der Waals surface area contributed by atoms with E-state index in [1.54, 1.807) is 0 Å². The largest absolute Gasteiger partial charge is 0.456 e. The fourth-order valence-corrected chi connectivity index (χ4v) is 11.6. The zero-order chi connectivity index (χ0) is 26.7. The van der Waals surface area contributed by atoms with Crippen LogP contribution in [0, 0.1) is 11.3 Å². The summed E-state index contributed by atoms with van der Waals surface area (Å²) in [6.45, 7) is 6.96. The third-order valence-electron chi connectivity index (χ3n) is 8.78. The highest BCUT2D eigenvalue weighted by molar-refractivity contribution is 6.99. The minimum atomic E-state index is -2.81. The number of ether oxygens (including phenoxy) is 2. The van der Waals surface area contributed by atoms with Gasteiger partial charge in [-0.25, -0.2) is 9.59 Å². The van der Waals surface area contributed by atoms with Crippen molar-refractivity contribution in [3.8, 4) is 0 Å². The summed E-state index contributed by atoms with van der Waals surface area (Å²) in [5.41, 5.74) is 0.625. The molecule has 1 fully saturated rings. The quantitative estimate of drug-likeness (QED) is 0.244. The molecule has 2 aliphatic carbocycles. The zero-order valence-electron chi connectivity index (χ0n) is 22.0. The average Bonchev–Trinajstić information content (AvgIpc) is 3.31. The summed E-state index contributed by atoms with van der Waals surface area (Å²) in [4.78, 5) is 38.9. The zero-order valence-corrected chi connectivity index (χ0v) is 23.0. The van der Waals surface area contributed by atoms with E-state index in [2.05, 4.69) is 51.1 Å². The maximum Gasteiger partial charge on any atom is 0.342 e. The van der Waals surface area contributed by atoms with Gasteiger partial charge in [0.15, 0.2) is 0 Å². The fraction of sp³-hybridized carbons (Fsp3) is 0.387. The van der Waals surface area contributed by atoms with Crippen molar-refractivity contribution in [2.45, 2.75) is 57.6 Å². The van der Waals surface area contributed by atoms with Crippen LogP contribution in [0.3, 0.4) is 0 Å². The van der Waals surface area contributed by atoms with Crippen molar-refractivity contribution in [3.63, 3.8) is 0 Å². The highest BCUT2D eigenvalue weighted by Gasteiger charge is 2.62. The first-order valence-corrected chi connectivity index (χ1v) is 15.3. The standard InChI is InChI=1S/C31H32O6Si/c1-30(2,3)38(20-11-6-4-7-12-20,21-13-8-5-9-14-21)35-18-17-31-19-23-25(28(33)37-27(23)32)22-15-10-16-24(31)26(22)36-29(31)34/h4-9,11-14,16,22,26H,10,15,17-19H2,1-3H3/t22-,26?,31-/m1/s1.